The Hall–Kier alpha value is -2.43. The molecule has 86 valence electrons. The van der Waals surface area contributed by atoms with Crippen LogP contribution in [0, 0.1) is 0 Å². The second-order valence-electron chi connectivity index (χ2n) is 3.31. The van der Waals surface area contributed by atoms with Crippen molar-refractivity contribution in [1.82, 2.24) is 9.97 Å². The number of hydrogen-bond acceptors (Lipinski definition) is 4. The van der Waals surface area contributed by atoms with Crippen LogP contribution in [-0.2, 0) is 0 Å². The Kier molecular flexibility index (Phi) is 3.30. The van der Waals surface area contributed by atoms with Gasteiger partial charge < -0.3 is 10.1 Å². The fourth-order valence-corrected chi connectivity index (χ4v) is 1.32. The summed E-state index contributed by atoms with van der Waals surface area (Å²) < 4.78 is 5.07. The lowest BCUT2D eigenvalue weighted by Crippen LogP contribution is -2.12. The summed E-state index contributed by atoms with van der Waals surface area (Å²) in [5, 5.41) is 2.73. The number of benzene rings is 1. The summed E-state index contributed by atoms with van der Waals surface area (Å²) >= 11 is 0. The number of nitrogens with zero attached hydrogens (tertiary/aromatic N) is 2. The Bertz CT molecular complexity index is 514. The number of methoxy groups -OCH3 is 1. The number of anilines is 1. The first kappa shape index (κ1) is 11.1. The lowest BCUT2D eigenvalue weighted by molar-refractivity contribution is 0.102. The standard InChI is InChI=1S/C12H11N3O2/c1-17-11-4-2-3-10(5-11)15-12(16)9-6-13-8-14-7-9/h2-8H,1H3,(H,15,16). The van der Waals surface area contributed by atoms with Crippen LogP contribution >= 0.6 is 0 Å². The van der Waals surface area contributed by atoms with E-state index in [1.54, 1.807) is 31.4 Å². The second kappa shape index (κ2) is 5.07. The summed E-state index contributed by atoms with van der Waals surface area (Å²) in [7, 11) is 1.58. The zero-order valence-corrected chi connectivity index (χ0v) is 9.25. The molecule has 5 nitrogen and oxygen atoms in total. The van der Waals surface area contributed by atoms with Gasteiger partial charge in [0.2, 0.25) is 0 Å². The maximum atomic E-state index is 11.8. The summed E-state index contributed by atoms with van der Waals surface area (Å²) in [5.41, 5.74) is 1.08. The van der Waals surface area contributed by atoms with Crippen molar-refractivity contribution in [3.05, 3.63) is 48.5 Å². The van der Waals surface area contributed by atoms with Crippen molar-refractivity contribution in [3.63, 3.8) is 0 Å². The zero-order chi connectivity index (χ0) is 12.1. The van der Waals surface area contributed by atoms with Crippen molar-refractivity contribution >= 4 is 11.6 Å². The van der Waals surface area contributed by atoms with Gasteiger partial charge in [-0.2, -0.15) is 0 Å². The van der Waals surface area contributed by atoms with E-state index in [2.05, 4.69) is 15.3 Å². The first-order valence-electron chi connectivity index (χ1n) is 5.00. The number of hydrogen-bond donors (Lipinski definition) is 1. The molecule has 0 bridgehead atoms. The molecule has 0 saturated heterocycles. The number of carbonyl (C=O) groups excluding carboxylic acids is 1. The van der Waals surface area contributed by atoms with Crippen LogP contribution in [-0.4, -0.2) is 23.0 Å². The van der Waals surface area contributed by atoms with E-state index < -0.39 is 0 Å². The molecule has 0 aliphatic heterocycles. The molecule has 2 rings (SSSR count). The highest BCUT2D eigenvalue weighted by atomic mass is 16.5. The van der Waals surface area contributed by atoms with Crippen LogP contribution < -0.4 is 10.1 Å². The molecule has 1 N–H and O–H groups in total. The molecule has 2 aromatic rings. The van der Waals surface area contributed by atoms with Gasteiger partial charge in [-0.1, -0.05) is 6.07 Å². The molecule has 1 heterocycles. The maximum Gasteiger partial charge on any atom is 0.258 e. The van der Waals surface area contributed by atoms with Crippen molar-refractivity contribution < 1.29 is 9.53 Å². The third-order valence-electron chi connectivity index (χ3n) is 2.15. The monoisotopic (exact) mass is 229 g/mol. The third-order valence-corrected chi connectivity index (χ3v) is 2.15. The molecule has 1 aromatic heterocycles. The molecule has 0 unspecified atom stereocenters. The normalized spacial score (nSPS) is 9.71. The van der Waals surface area contributed by atoms with Crippen LogP contribution in [0.2, 0.25) is 0 Å². The van der Waals surface area contributed by atoms with Crippen LogP contribution in [0.4, 0.5) is 5.69 Å². The minimum atomic E-state index is -0.251. The summed E-state index contributed by atoms with van der Waals surface area (Å²) in [6.45, 7) is 0. The smallest absolute Gasteiger partial charge is 0.258 e. The Balaban J connectivity index is 2.13. The van der Waals surface area contributed by atoms with E-state index in [0.717, 1.165) is 0 Å². The lowest BCUT2D eigenvalue weighted by atomic mass is 10.2. The van der Waals surface area contributed by atoms with Crippen LogP contribution in [0.1, 0.15) is 10.4 Å². The number of nitrogens with one attached hydrogen (secondary N) is 1. The van der Waals surface area contributed by atoms with Crippen molar-refractivity contribution in [1.29, 1.82) is 0 Å². The number of rotatable bonds is 3. The van der Waals surface area contributed by atoms with Gasteiger partial charge in [-0.05, 0) is 12.1 Å². The van der Waals surface area contributed by atoms with E-state index in [9.17, 15) is 4.79 Å². The van der Waals surface area contributed by atoms with Crippen LogP contribution in [0.5, 0.6) is 5.75 Å². The predicted molar refractivity (Wildman–Crippen MR) is 63.0 cm³/mol. The molecular formula is C12H11N3O2. The van der Waals surface area contributed by atoms with Crippen molar-refractivity contribution in [3.8, 4) is 5.75 Å². The van der Waals surface area contributed by atoms with E-state index in [1.165, 1.54) is 18.7 Å². The molecule has 17 heavy (non-hydrogen) atoms. The number of ether oxygens (including phenoxy) is 1. The van der Waals surface area contributed by atoms with E-state index in [1.807, 2.05) is 0 Å². The third kappa shape index (κ3) is 2.78. The molecule has 0 fully saturated rings. The highest BCUT2D eigenvalue weighted by Crippen LogP contribution is 2.17. The van der Waals surface area contributed by atoms with Gasteiger partial charge in [-0.3, -0.25) is 4.79 Å². The summed E-state index contributed by atoms with van der Waals surface area (Å²) in [6, 6.07) is 7.13. The molecule has 1 amide bonds. The molecule has 0 radical (unpaired) electrons. The van der Waals surface area contributed by atoms with Gasteiger partial charge >= 0.3 is 0 Å². The van der Waals surface area contributed by atoms with Crippen molar-refractivity contribution in [2.75, 3.05) is 12.4 Å². The average molecular weight is 229 g/mol. The molecule has 0 aliphatic carbocycles. The molecule has 0 atom stereocenters. The molecule has 1 aromatic carbocycles. The first-order chi connectivity index (χ1) is 8.29. The highest BCUT2D eigenvalue weighted by molar-refractivity contribution is 6.03. The van der Waals surface area contributed by atoms with Crippen LogP contribution in [0.3, 0.4) is 0 Å². The lowest BCUT2D eigenvalue weighted by Gasteiger charge is -2.06. The van der Waals surface area contributed by atoms with Crippen LogP contribution in [0.25, 0.3) is 0 Å². The first-order valence-corrected chi connectivity index (χ1v) is 5.00. The molecule has 0 spiro atoms. The van der Waals surface area contributed by atoms with Gasteiger partial charge in [0.25, 0.3) is 5.91 Å². The van der Waals surface area contributed by atoms with E-state index in [4.69, 9.17) is 4.74 Å². The van der Waals surface area contributed by atoms with E-state index in [0.29, 0.717) is 17.0 Å². The van der Waals surface area contributed by atoms with Gasteiger partial charge in [0.05, 0.1) is 12.7 Å². The van der Waals surface area contributed by atoms with Gasteiger partial charge in [-0.15, -0.1) is 0 Å². The predicted octanol–water partition coefficient (Wildman–Crippen LogP) is 1.74. The second-order valence-corrected chi connectivity index (χ2v) is 3.31. The maximum absolute atomic E-state index is 11.8. The van der Waals surface area contributed by atoms with E-state index >= 15 is 0 Å². The van der Waals surface area contributed by atoms with Crippen molar-refractivity contribution in [2.45, 2.75) is 0 Å². The fraction of sp³-hybridized carbons (Fsp3) is 0.0833. The topological polar surface area (TPSA) is 64.1 Å². The summed E-state index contributed by atoms with van der Waals surface area (Å²) in [6.07, 6.45) is 4.30. The average Bonchev–Trinajstić information content (AvgIpc) is 2.40. The van der Waals surface area contributed by atoms with Gasteiger partial charge in [0.15, 0.2) is 0 Å². The molecule has 0 aliphatic rings. The van der Waals surface area contributed by atoms with Gasteiger partial charge in [0, 0.05) is 24.1 Å². The Morgan fingerprint density at radius 3 is 2.76 bits per heavy atom. The summed E-state index contributed by atoms with van der Waals surface area (Å²) in [4.78, 5) is 19.4. The number of carbonyl (C=O) groups is 1. The van der Waals surface area contributed by atoms with E-state index in [-0.39, 0.29) is 5.91 Å². The quantitative estimate of drug-likeness (QED) is 0.870. The van der Waals surface area contributed by atoms with Crippen molar-refractivity contribution in [2.24, 2.45) is 0 Å². The zero-order valence-electron chi connectivity index (χ0n) is 9.25. The van der Waals surface area contributed by atoms with Gasteiger partial charge in [0.1, 0.15) is 12.1 Å². The Morgan fingerprint density at radius 1 is 1.29 bits per heavy atom. The minimum Gasteiger partial charge on any atom is -0.497 e. The Labute approximate surface area is 98.5 Å². The minimum absolute atomic E-state index is 0.251. The number of amides is 1. The fourth-order valence-electron chi connectivity index (χ4n) is 1.32. The summed E-state index contributed by atoms with van der Waals surface area (Å²) in [5.74, 6) is 0.436. The van der Waals surface area contributed by atoms with Crippen LogP contribution in [0.15, 0.2) is 43.0 Å². The number of aromatic nitrogens is 2. The largest absolute Gasteiger partial charge is 0.497 e. The van der Waals surface area contributed by atoms with Gasteiger partial charge in [-0.25, -0.2) is 9.97 Å². The Morgan fingerprint density at radius 2 is 2.06 bits per heavy atom. The SMILES string of the molecule is COc1cccc(NC(=O)c2cncnc2)c1. The highest BCUT2D eigenvalue weighted by Gasteiger charge is 2.06. The molecule has 5 heteroatoms. The molecule has 0 saturated carbocycles. The molecular weight excluding hydrogens is 218 g/mol.